The molecular weight excluding hydrogens is 388 g/mol. The molecule has 0 fully saturated rings. The quantitative estimate of drug-likeness (QED) is 0.329. The number of hydrogen-bond acceptors (Lipinski definition) is 7. The van der Waals surface area contributed by atoms with Crippen molar-refractivity contribution >= 4 is 12.2 Å². The molecule has 1 aromatic rings. The Hall–Kier alpha value is -2.39. The molecule has 0 bridgehead atoms. The molecule has 0 saturated carbocycles. The molecule has 0 aliphatic rings. The van der Waals surface area contributed by atoms with Crippen LogP contribution in [0, 0.1) is 0 Å². The van der Waals surface area contributed by atoms with E-state index in [1.165, 1.54) is 0 Å². The number of alkyl carbamates (subject to hydrolysis) is 2. The maximum absolute atomic E-state index is 12.1. The third-order valence-electron chi connectivity index (χ3n) is 4.50. The lowest BCUT2D eigenvalue weighted by molar-refractivity contribution is -0.107. The Morgan fingerprint density at radius 3 is 2.00 bits per heavy atom. The Bertz CT molecular complexity index is 587. The van der Waals surface area contributed by atoms with Crippen molar-refractivity contribution in [2.24, 2.45) is 0 Å². The number of pyridine rings is 1. The molecule has 1 aromatic heterocycles. The number of rotatable bonds is 13. The molecule has 170 valence electrons. The van der Waals surface area contributed by atoms with Crippen molar-refractivity contribution in [1.29, 1.82) is 0 Å². The van der Waals surface area contributed by atoms with E-state index < -0.39 is 30.7 Å². The number of ether oxygens (including phenoxy) is 2. The van der Waals surface area contributed by atoms with Gasteiger partial charge in [0.15, 0.2) is 12.5 Å². The smallest absolute Gasteiger partial charge is 0.408 e. The maximum atomic E-state index is 12.1. The van der Waals surface area contributed by atoms with Gasteiger partial charge in [0.2, 0.25) is 0 Å². The molecule has 0 aliphatic carbocycles. The number of nitrogens with zero attached hydrogens (tertiary/aromatic N) is 2. The lowest BCUT2D eigenvalue weighted by Crippen LogP contribution is -2.48. The Balaban J connectivity index is 2.78. The highest BCUT2D eigenvalue weighted by Gasteiger charge is 2.28. The first-order valence-electron chi connectivity index (χ1n) is 10.6. The number of carbonyl (C=O) groups excluding carboxylic acids is 2. The van der Waals surface area contributed by atoms with Gasteiger partial charge in [0.1, 0.15) is 6.10 Å². The standard InChI is InChI=1S/C21H36N4O5/c1-5-7-12-23-20(27)29-16(3)25(15-19(26)18-11-9-10-14-22-18)17(4)30-21(28)24-13-8-6-2/h9-11,14,16-17,19,26H,5-8,12-13,15H2,1-4H3,(H,23,27)(H,24,28). The molecular formula is C21H36N4O5. The molecule has 0 spiro atoms. The predicted octanol–water partition coefficient (Wildman–Crippen LogP) is 3.16. The molecule has 30 heavy (non-hydrogen) atoms. The zero-order valence-corrected chi connectivity index (χ0v) is 18.5. The summed E-state index contributed by atoms with van der Waals surface area (Å²) in [6.07, 6.45) is 1.63. The van der Waals surface area contributed by atoms with Crippen LogP contribution < -0.4 is 10.6 Å². The van der Waals surface area contributed by atoms with E-state index in [-0.39, 0.29) is 6.54 Å². The maximum Gasteiger partial charge on any atom is 0.408 e. The first-order chi connectivity index (χ1) is 14.4. The number of unbranched alkanes of at least 4 members (excludes halogenated alkanes) is 2. The third-order valence-corrected chi connectivity index (χ3v) is 4.50. The number of carbonyl (C=O) groups is 2. The topological polar surface area (TPSA) is 113 Å². The zero-order valence-electron chi connectivity index (χ0n) is 18.5. The van der Waals surface area contributed by atoms with E-state index in [1.807, 2.05) is 13.8 Å². The van der Waals surface area contributed by atoms with Crippen LogP contribution in [-0.2, 0) is 9.47 Å². The van der Waals surface area contributed by atoms with Crippen molar-refractivity contribution < 1.29 is 24.2 Å². The Morgan fingerprint density at radius 2 is 1.57 bits per heavy atom. The van der Waals surface area contributed by atoms with Crippen LogP contribution in [0.1, 0.15) is 65.2 Å². The van der Waals surface area contributed by atoms with Gasteiger partial charge in [-0.25, -0.2) is 14.5 Å². The molecule has 0 radical (unpaired) electrons. The van der Waals surface area contributed by atoms with Crippen molar-refractivity contribution in [3.05, 3.63) is 30.1 Å². The van der Waals surface area contributed by atoms with Gasteiger partial charge in [-0.2, -0.15) is 0 Å². The highest BCUT2D eigenvalue weighted by Crippen LogP contribution is 2.17. The summed E-state index contributed by atoms with van der Waals surface area (Å²) in [5, 5.41) is 16.0. The summed E-state index contributed by atoms with van der Waals surface area (Å²) in [6.45, 7) is 8.49. The van der Waals surface area contributed by atoms with Crippen LogP contribution >= 0.6 is 0 Å². The van der Waals surface area contributed by atoms with Gasteiger partial charge in [0.05, 0.1) is 5.69 Å². The Morgan fingerprint density at radius 1 is 1.03 bits per heavy atom. The van der Waals surface area contributed by atoms with Gasteiger partial charge < -0.3 is 25.2 Å². The number of aromatic nitrogens is 1. The molecule has 9 heteroatoms. The zero-order chi connectivity index (χ0) is 22.4. The molecule has 2 amide bonds. The summed E-state index contributed by atoms with van der Waals surface area (Å²) in [4.78, 5) is 29.9. The van der Waals surface area contributed by atoms with E-state index in [9.17, 15) is 14.7 Å². The first-order valence-corrected chi connectivity index (χ1v) is 10.6. The summed E-state index contributed by atoms with van der Waals surface area (Å²) < 4.78 is 10.9. The third kappa shape index (κ3) is 9.89. The van der Waals surface area contributed by atoms with Gasteiger partial charge >= 0.3 is 12.2 Å². The van der Waals surface area contributed by atoms with Gasteiger partial charge in [-0.3, -0.25) is 4.98 Å². The molecule has 0 saturated heterocycles. The monoisotopic (exact) mass is 424 g/mol. The Labute approximate surface area is 179 Å². The second-order valence-corrected chi connectivity index (χ2v) is 7.04. The van der Waals surface area contributed by atoms with Gasteiger partial charge in [0.25, 0.3) is 0 Å². The number of aliphatic hydroxyl groups is 1. The molecule has 1 heterocycles. The highest BCUT2D eigenvalue weighted by molar-refractivity contribution is 5.67. The van der Waals surface area contributed by atoms with Gasteiger partial charge in [-0.1, -0.05) is 32.8 Å². The highest BCUT2D eigenvalue weighted by atomic mass is 16.6. The van der Waals surface area contributed by atoms with Crippen LogP contribution in [0.4, 0.5) is 9.59 Å². The number of nitrogens with one attached hydrogen (secondary N) is 2. The minimum atomic E-state index is -0.949. The lowest BCUT2D eigenvalue weighted by Gasteiger charge is -2.34. The average Bonchev–Trinajstić information content (AvgIpc) is 2.72. The van der Waals surface area contributed by atoms with Crippen LogP contribution in [0.3, 0.4) is 0 Å². The van der Waals surface area contributed by atoms with Gasteiger partial charge in [-0.05, 0) is 38.8 Å². The van der Waals surface area contributed by atoms with Crippen molar-refractivity contribution in [2.45, 2.75) is 71.9 Å². The van der Waals surface area contributed by atoms with E-state index in [2.05, 4.69) is 15.6 Å². The molecule has 9 nitrogen and oxygen atoms in total. The molecule has 3 atom stereocenters. The molecule has 0 aliphatic heterocycles. The van der Waals surface area contributed by atoms with Crippen LogP contribution in [0.2, 0.25) is 0 Å². The molecule has 3 unspecified atom stereocenters. The van der Waals surface area contributed by atoms with Crippen LogP contribution in [-0.4, -0.2) is 59.3 Å². The fourth-order valence-electron chi connectivity index (χ4n) is 2.72. The van der Waals surface area contributed by atoms with Crippen LogP contribution in [0.5, 0.6) is 0 Å². The average molecular weight is 425 g/mol. The second kappa shape index (κ2) is 14.6. The van der Waals surface area contributed by atoms with Crippen LogP contribution in [0.15, 0.2) is 24.4 Å². The first kappa shape index (κ1) is 25.6. The van der Waals surface area contributed by atoms with E-state index in [1.54, 1.807) is 43.1 Å². The van der Waals surface area contributed by atoms with E-state index in [0.717, 1.165) is 25.7 Å². The second-order valence-electron chi connectivity index (χ2n) is 7.04. The summed E-state index contributed by atoms with van der Waals surface area (Å²) in [5.41, 5.74) is 0.474. The van der Waals surface area contributed by atoms with E-state index >= 15 is 0 Å². The van der Waals surface area contributed by atoms with E-state index in [4.69, 9.17) is 9.47 Å². The van der Waals surface area contributed by atoms with Crippen molar-refractivity contribution in [3.63, 3.8) is 0 Å². The Kier molecular flexibility index (Phi) is 12.5. The number of aliphatic hydroxyl groups excluding tert-OH is 1. The van der Waals surface area contributed by atoms with Crippen molar-refractivity contribution in [3.8, 4) is 0 Å². The summed E-state index contributed by atoms with van der Waals surface area (Å²) in [7, 11) is 0. The van der Waals surface area contributed by atoms with Crippen molar-refractivity contribution in [2.75, 3.05) is 19.6 Å². The predicted molar refractivity (Wildman–Crippen MR) is 114 cm³/mol. The summed E-state index contributed by atoms with van der Waals surface area (Å²) in [5.74, 6) is 0. The van der Waals surface area contributed by atoms with Gasteiger partial charge in [-0.15, -0.1) is 0 Å². The van der Waals surface area contributed by atoms with Crippen molar-refractivity contribution in [1.82, 2.24) is 20.5 Å². The normalized spacial score (nSPS) is 13.9. The largest absolute Gasteiger partial charge is 0.430 e. The molecule has 0 aromatic carbocycles. The summed E-state index contributed by atoms with van der Waals surface area (Å²) >= 11 is 0. The SMILES string of the molecule is CCCCNC(=O)OC(C)N(CC(O)c1ccccn1)C(C)OC(=O)NCCCC. The molecule has 3 N–H and O–H groups in total. The number of amides is 2. The summed E-state index contributed by atoms with van der Waals surface area (Å²) in [6, 6.07) is 5.24. The fraction of sp³-hybridized carbons (Fsp3) is 0.667. The van der Waals surface area contributed by atoms with Crippen LogP contribution in [0.25, 0.3) is 0 Å². The van der Waals surface area contributed by atoms with Gasteiger partial charge in [0, 0.05) is 25.8 Å². The number of hydrogen-bond donors (Lipinski definition) is 3. The minimum Gasteiger partial charge on any atom is -0.430 e. The fourth-order valence-corrected chi connectivity index (χ4v) is 2.72. The van der Waals surface area contributed by atoms with E-state index in [0.29, 0.717) is 18.8 Å². The lowest BCUT2D eigenvalue weighted by atomic mass is 10.2. The molecule has 1 rings (SSSR count). The minimum absolute atomic E-state index is 0.0594.